The predicted octanol–water partition coefficient (Wildman–Crippen LogP) is 2.14. The van der Waals surface area contributed by atoms with Crippen molar-refractivity contribution in [3.8, 4) is 0 Å². The van der Waals surface area contributed by atoms with E-state index >= 15 is 0 Å². The maximum absolute atomic E-state index is 12.8. The molecule has 5 rings (SSSR count). The molecule has 2 unspecified atom stereocenters. The molecule has 154 valence electrons. The number of para-hydroxylation sites is 1. The molecule has 0 aliphatic carbocycles. The summed E-state index contributed by atoms with van der Waals surface area (Å²) in [6, 6.07) is 11.2. The van der Waals surface area contributed by atoms with Crippen LogP contribution in [0.15, 0.2) is 36.4 Å². The van der Waals surface area contributed by atoms with E-state index in [1.165, 1.54) is 0 Å². The molecule has 4 N–H and O–H groups in total. The minimum atomic E-state index is -0.598. The van der Waals surface area contributed by atoms with Crippen molar-refractivity contribution in [3.63, 3.8) is 0 Å². The summed E-state index contributed by atoms with van der Waals surface area (Å²) in [4.78, 5) is 38.0. The van der Waals surface area contributed by atoms with Crippen LogP contribution in [-0.4, -0.2) is 35.3 Å². The standard InChI is InChI=1S/C21H20IN5O3/c22-15-3-1-2-14-18(15)23-10-24-19(14)25-12-4-5-13-11(8-12)9-27(21(13)30)16-6-7-17(28)26-20(16)29/h1-5,8,16,19,23-25H,6-7,9-10H2,(H,26,28,29). The third-order valence-corrected chi connectivity index (χ3v) is 6.66. The van der Waals surface area contributed by atoms with Gasteiger partial charge in [-0.25, -0.2) is 0 Å². The first-order valence-electron chi connectivity index (χ1n) is 9.81. The maximum Gasteiger partial charge on any atom is 0.255 e. The molecule has 0 saturated carbocycles. The highest BCUT2D eigenvalue weighted by atomic mass is 127. The zero-order valence-corrected chi connectivity index (χ0v) is 18.2. The second-order valence-electron chi connectivity index (χ2n) is 7.61. The van der Waals surface area contributed by atoms with Gasteiger partial charge in [0.15, 0.2) is 0 Å². The number of nitrogens with one attached hydrogen (secondary N) is 4. The lowest BCUT2D eigenvalue weighted by atomic mass is 10.0. The van der Waals surface area contributed by atoms with E-state index in [4.69, 9.17) is 0 Å². The zero-order valence-electron chi connectivity index (χ0n) is 16.0. The van der Waals surface area contributed by atoms with E-state index in [1.807, 2.05) is 24.3 Å². The van der Waals surface area contributed by atoms with Crippen molar-refractivity contribution in [1.29, 1.82) is 0 Å². The van der Waals surface area contributed by atoms with Gasteiger partial charge in [-0.15, -0.1) is 0 Å². The second kappa shape index (κ2) is 7.55. The third-order valence-electron chi connectivity index (χ3n) is 5.76. The summed E-state index contributed by atoms with van der Waals surface area (Å²) >= 11 is 2.32. The zero-order chi connectivity index (χ0) is 20.8. The van der Waals surface area contributed by atoms with Gasteiger partial charge < -0.3 is 15.5 Å². The quantitative estimate of drug-likeness (QED) is 0.368. The lowest BCUT2D eigenvalue weighted by Gasteiger charge is -2.30. The molecule has 0 spiro atoms. The normalized spacial score (nSPS) is 22.8. The van der Waals surface area contributed by atoms with E-state index in [0.717, 1.165) is 26.1 Å². The largest absolute Gasteiger partial charge is 0.371 e. The monoisotopic (exact) mass is 517 g/mol. The molecule has 3 aliphatic heterocycles. The molecule has 1 fully saturated rings. The van der Waals surface area contributed by atoms with Gasteiger partial charge in [0.05, 0.1) is 12.4 Å². The van der Waals surface area contributed by atoms with Crippen molar-refractivity contribution < 1.29 is 14.4 Å². The Kier molecular flexibility index (Phi) is 4.86. The summed E-state index contributed by atoms with van der Waals surface area (Å²) in [6.07, 6.45) is 0.560. The van der Waals surface area contributed by atoms with Gasteiger partial charge in [0.2, 0.25) is 11.8 Å². The van der Waals surface area contributed by atoms with E-state index in [9.17, 15) is 14.4 Å². The van der Waals surface area contributed by atoms with Gasteiger partial charge in [0.25, 0.3) is 5.91 Å². The number of fused-ring (bicyclic) bond motifs is 2. The molecule has 1 saturated heterocycles. The number of rotatable bonds is 3. The van der Waals surface area contributed by atoms with Crippen LogP contribution >= 0.6 is 22.6 Å². The lowest BCUT2D eigenvalue weighted by Crippen LogP contribution is -2.52. The molecule has 0 bridgehead atoms. The molecule has 0 radical (unpaired) electrons. The third kappa shape index (κ3) is 3.31. The van der Waals surface area contributed by atoms with Gasteiger partial charge in [0.1, 0.15) is 12.2 Å². The topological polar surface area (TPSA) is 103 Å². The molecular weight excluding hydrogens is 497 g/mol. The Hall–Kier alpha value is -2.66. The Morgan fingerprint density at radius 2 is 2.00 bits per heavy atom. The number of hydrogen-bond acceptors (Lipinski definition) is 6. The van der Waals surface area contributed by atoms with Gasteiger partial charge in [-0.1, -0.05) is 12.1 Å². The summed E-state index contributed by atoms with van der Waals surface area (Å²) in [6.45, 7) is 1.02. The fourth-order valence-corrected chi connectivity index (χ4v) is 4.99. The van der Waals surface area contributed by atoms with E-state index in [0.29, 0.717) is 25.2 Å². The van der Waals surface area contributed by atoms with Crippen LogP contribution in [0.5, 0.6) is 0 Å². The van der Waals surface area contributed by atoms with Crippen LogP contribution < -0.4 is 21.3 Å². The number of nitrogens with zero attached hydrogens (tertiary/aromatic N) is 1. The molecule has 2 atom stereocenters. The van der Waals surface area contributed by atoms with E-state index in [-0.39, 0.29) is 24.4 Å². The molecule has 2 aromatic rings. The van der Waals surface area contributed by atoms with Crippen LogP contribution in [0, 0.1) is 3.57 Å². The Bertz CT molecular complexity index is 1070. The van der Waals surface area contributed by atoms with Crippen LogP contribution in [-0.2, 0) is 16.1 Å². The van der Waals surface area contributed by atoms with Crippen LogP contribution in [0.1, 0.15) is 40.5 Å². The van der Waals surface area contributed by atoms with Gasteiger partial charge in [0, 0.05) is 33.4 Å². The SMILES string of the molecule is O=C1CCC(N2Cc3cc(NC4NCNc5c(I)cccc54)ccc3C2=O)C(=O)N1. The number of imide groups is 1. The van der Waals surface area contributed by atoms with Gasteiger partial charge in [-0.3, -0.25) is 25.0 Å². The van der Waals surface area contributed by atoms with Crippen molar-refractivity contribution in [2.24, 2.45) is 0 Å². The number of carbonyl (C=O) groups is 3. The fraction of sp³-hybridized carbons (Fsp3) is 0.286. The summed E-state index contributed by atoms with van der Waals surface area (Å²) in [5, 5.41) is 12.6. The Balaban J connectivity index is 1.36. The summed E-state index contributed by atoms with van der Waals surface area (Å²) < 4.78 is 1.16. The van der Waals surface area contributed by atoms with Crippen molar-refractivity contribution in [2.75, 3.05) is 17.3 Å². The first-order valence-corrected chi connectivity index (χ1v) is 10.9. The molecule has 8 nitrogen and oxygen atoms in total. The van der Waals surface area contributed by atoms with E-state index in [2.05, 4.69) is 56.0 Å². The summed E-state index contributed by atoms with van der Waals surface area (Å²) in [5.74, 6) is -0.835. The molecule has 2 aromatic carbocycles. The van der Waals surface area contributed by atoms with Crippen LogP contribution in [0.25, 0.3) is 0 Å². The second-order valence-corrected chi connectivity index (χ2v) is 8.77. The minimum absolute atomic E-state index is 0.0580. The number of benzene rings is 2. The number of halogens is 1. The Morgan fingerprint density at radius 1 is 1.13 bits per heavy atom. The molecule has 3 heterocycles. The van der Waals surface area contributed by atoms with Crippen molar-refractivity contribution in [1.82, 2.24) is 15.5 Å². The van der Waals surface area contributed by atoms with Crippen molar-refractivity contribution in [3.05, 3.63) is 56.7 Å². The van der Waals surface area contributed by atoms with Gasteiger partial charge in [-0.05, 0) is 58.8 Å². The molecule has 30 heavy (non-hydrogen) atoms. The predicted molar refractivity (Wildman–Crippen MR) is 120 cm³/mol. The summed E-state index contributed by atoms with van der Waals surface area (Å²) in [7, 11) is 0. The highest BCUT2D eigenvalue weighted by molar-refractivity contribution is 14.1. The first-order chi connectivity index (χ1) is 14.5. The molecule has 3 aliphatic rings. The van der Waals surface area contributed by atoms with Crippen LogP contribution in [0.4, 0.5) is 11.4 Å². The average molecular weight is 517 g/mol. The van der Waals surface area contributed by atoms with Crippen molar-refractivity contribution in [2.45, 2.75) is 31.6 Å². The minimum Gasteiger partial charge on any atom is -0.371 e. The number of amides is 3. The summed E-state index contributed by atoms with van der Waals surface area (Å²) in [5.41, 5.74) is 4.64. The average Bonchev–Trinajstić information content (AvgIpc) is 3.04. The fourth-order valence-electron chi connectivity index (χ4n) is 4.28. The smallest absolute Gasteiger partial charge is 0.255 e. The molecule has 3 amide bonds. The Labute approximate surface area is 186 Å². The van der Waals surface area contributed by atoms with Crippen LogP contribution in [0.2, 0.25) is 0 Å². The number of carbonyl (C=O) groups excluding carboxylic acids is 3. The highest BCUT2D eigenvalue weighted by Crippen LogP contribution is 2.33. The van der Waals surface area contributed by atoms with Gasteiger partial charge in [-0.2, -0.15) is 0 Å². The molecule has 0 aromatic heterocycles. The van der Waals surface area contributed by atoms with E-state index < -0.39 is 11.9 Å². The number of anilines is 2. The van der Waals surface area contributed by atoms with Gasteiger partial charge >= 0.3 is 0 Å². The van der Waals surface area contributed by atoms with Crippen LogP contribution in [0.3, 0.4) is 0 Å². The van der Waals surface area contributed by atoms with E-state index in [1.54, 1.807) is 4.90 Å². The molecular formula is C21H20IN5O3. The number of piperidine rings is 1. The lowest BCUT2D eigenvalue weighted by molar-refractivity contribution is -0.136. The van der Waals surface area contributed by atoms with Crippen molar-refractivity contribution >= 4 is 51.7 Å². The first kappa shape index (κ1) is 19.3. The maximum atomic E-state index is 12.8. The Morgan fingerprint density at radius 3 is 2.83 bits per heavy atom. The molecule has 9 heteroatoms. The number of hydrogen-bond donors (Lipinski definition) is 4. The highest BCUT2D eigenvalue weighted by Gasteiger charge is 2.39.